The van der Waals surface area contributed by atoms with Crippen molar-refractivity contribution in [3.05, 3.63) is 0 Å². The maximum absolute atomic E-state index is 12.4. The number of nitrogens with zero attached hydrogens (tertiary/aromatic N) is 2. The molecule has 2 aliphatic heterocycles. The highest BCUT2D eigenvalue weighted by molar-refractivity contribution is 5.77. The van der Waals surface area contributed by atoms with Crippen molar-refractivity contribution >= 4 is 12.0 Å². The molecule has 6 nitrogen and oxygen atoms in total. The van der Waals surface area contributed by atoms with Gasteiger partial charge < -0.3 is 20.0 Å². The number of piperidine rings is 1. The Morgan fingerprint density at radius 1 is 1.20 bits per heavy atom. The van der Waals surface area contributed by atoms with E-state index >= 15 is 0 Å². The van der Waals surface area contributed by atoms with E-state index in [0.29, 0.717) is 38.4 Å². The van der Waals surface area contributed by atoms with Crippen molar-refractivity contribution in [2.45, 2.75) is 32.6 Å². The quantitative estimate of drug-likeness (QED) is 0.810. The molecule has 6 heteroatoms. The first kappa shape index (κ1) is 15.1. The molecule has 20 heavy (non-hydrogen) atoms. The zero-order valence-electron chi connectivity index (χ0n) is 12.0. The Kier molecular flexibility index (Phi) is 4.52. The van der Waals surface area contributed by atoms with Crippen LogP contribution in [0.25, 0.3) is 0 Å². The lowest BCUT2D eigenvalue weighted by Gasteiger charge is -2.38. The fraction of sp³-hybridized carbons (Fsp3) is 0.857. The summed E-state index contributed by atoms with van der Waals surface area (Å²) in [6, 6.07) is 0.0258. The molecule has 0 aromatic carbocycles. The highest BCUT2D eigenvalue weighted by Crippen LogP contribution is 2.32. The van der Waals surface area contributed by atoms with Crippen LogP contribution >= 0.6 is 0 Å². The second-order valence-electron chi connectivity index (χ2n) is 6.25. The minimum absolute atomic E-state index is 0.0258. The van der Waals surface area contributed by atoms with E-state index < -0.39 is 11.4 Å². The van der Waals surface area contributed by atoms with Crippen LogP contribution in [0.3, 0.4) is 0 Å². The summed E-state index contributed by atoms with van der Waals surface area (Å²) in [6.07, 6.45) is 2.73. The van der Waals surface area contributed by atoms with Crippen LogP contribution in [0.15, 0.2) is 0 Å². The molecule has 2 saturated heterocycles. The van der Waals surface area contributed by atoms with Crippen molar-refractivity contribution in [3.63, 3.8) is 0 Å². The number of carboxylic acid groups (broad SMARTS) is 1. The van der Waals surface area contributed by atoms with Gasteiger partial charge in [0.25, 0.3) is 0 Å². The fourth-order valence-electron chi connectivity index (χ4n) is 3.03. The second kappa shape index (κ2) is 5.99. The molecule has 0 spiro atoms. The van der Waals surface area contributed by atoms with Crippen LogP contribution in [0, 0.1) is 11.3 Å². The first-order chi connectivity index (χ1) is 9.46. The number of carboxylic acids is 1. The Hall–Kier alpha value is -1.30. The third-order valence-electron chi connectivity index (χ3n) is 4.75. The van der Waals surface area contributed by atoms with Crippen molar-refractivity contribution in [1.29, 1.82) is 0 Å². The van der Waals surface area contributed by atoms with Gasteiger partial charge in [0.05, 0.1) is 5.41 Å². The number of aliphatic hydroxyl groups excluding tert-OH is 1. The molecule has 0 saturated carbocycles. The zero-order chi connectivity index (χ0) is 14.8. The number of hydrogen-bond donors (Lipinski definition) is 2. The minimum atomic E-state index is -0.770. The monoisotopic (exact) mass is 284 g/mol. The molecular weight excluding hydrogens is 260 g/mol. The Balaban J connectivity index is 1.85. The van der Waals surface area contributed by atoms with Crippen LogP contribution in [0.2, 0.25) is 0 Å². The summed E-state index contributed by atoms with van der Waals surface area (Å²) < 4.78 is 0. The first-order valence-electron chi connectivity index (χ1n) is 7.34. The van der Waals surface area contributed by atoms with Gasteiger partial charge in [-0.1, -0.05) is 0 Å². The van der Waals surface area contributed by atoms with E-state index in [1.807, 2.05) is 4.90 Å². The van der Waals surface area contributed by atoms with Gasteiger partial charge in [-0.25, -0.2) is 4.79 Å². The maximum atomic E-state index is 12.4. The summed E-state index contributed by atoms with van der Waals surface area (Å²) in [6.45, 7) is 4.42. The number of aliphatic carboxylic acids is 1. The molecule has 0 aromatic heterocycles. The molecule has 2 heterocycles. The summed E-state index contributed by atoms with van der Waals surface area (Å²) in [5, 5.41) is 18.1. The Bertz CT molecular complexity index is 377. The molecule has 2 amide bonds. The van der Waals surface area contributed by atoms with Gasteiger partial charge in [0.2, 0.25) is 0 Å². The zero-order valence-corrected chi connectivity index (χ0v) is 12.0. The number of hydrogen-bond acceptors (Lipinski definition) is 3. The van der Waals surface area contributed by atoms with E-state index in [-0.39, 0.29) is 12.6 Å². The van der Waals surface area contributed by atoms with Crippen LogP contribution < -0.4 is 0 Å². The molecule has 0 radical (unpaired) electrons. The number of likely N-dealkylation sites (tertiary alicyclic amines) is 2. The lowest BCUT2D eigenvalue weighted by Crippen LogP contribution is -2.49. The van der Waals surface area contributed by atoms with Crippen molar-refractivity contribution < 1.29 is 19.8 Å². The smallest absolute Gasteiger partial charge is 0.320 e. The predicted octanol–water partition coefficient (Wildman–Crippen LogP) is 0.997. The third kappa shape index (κ3) is 3.06. The van der Waals surface area contributed by atoms with Gasteiger partial charge in [0.15, 0.2) is 0 Å². The molecule has 114 valence electrons. The summed E-state index contributed by atoms with van der Waals surface area (Å²) in [7, 11) is 0. The summed E-state index contributed by atoms with van der Waals surface area (Å²) in [5.74, 6) is -0.369. The van der Waals surface area contributed by atoms with Gasteiger partial charge in [-0.3, -0.25) is 4.79 Å². The van der Waals surface area contributed by atoms with Crippen LogP contribution in [0.1, 0.15) is 32.6 Å². The van der Waals surface area contributed by atoms with Crippen LogP contribution in [0.4, 0.5) is 4.79 Å². The average molecular weight is 284 g/mol. The Labute approximate surface area is 119 Å². The Morgan fingerprint density at radius 2 is 1.85 bits per heavy atom. The molecule has 0 aromatic rings. The topological polar surface area (TPSA) is 81.1 Å². The van der Waals surface area contributed by atoms with Crippen LogP contribution in [0.5, 0.6) is 0 Å². The number of carbonyl (C=O) groups is 2. The highest BCUT2D eigenvalue weighted by atomic mass is 16.4. The van der Waals surface area contributed by atoms with E-state index in [2.05, 4.69) is 0 Å². The lowest BCUT2D eigenvalue weighted by atomic mass is 9.80. The maximum Gasteiger partial charge on any atom is 0.320 e. The third-order valence-corrected chi connectivity index (χ3v) is 4.75. The molecule has 0 aliphatic carbocycles. The number of aliphatic hydroxyl groups is 1. The molecule has 2 fully saturated rings. The van der Waals surface area contributed by atoms with Crippen molar-refractivity contribution in [3.8, 4) is 0 Å². The fourth-order valence-corrected chi connectivity index (χ4v) is 3.03. The molecule has 2 N–H and O–H groups in total. The van der Waals surface area contributed by atoms with Gasteiger partial charge in [-0.2, -0.15) is 0 Å². The summed E-state index contributed by atoms with van der Waals surface area (Å²) in [5.41, 5.74) is -0.693. The number of rotatable bonds is 3. The van der Waals surface area contributed by atoms with Gasteiger partial charge >= 0.3 is 12.0 Å². The average Bonchev–Trinajstić information content (AvgIpc) is 2.88. The molecule has 1 atom stereocenters. The molecule has 1 unspecified atom stereocenters. The summed E-state index contributed by atoms with van der Waals surface area (Å²) >= 11 is 0. The van der Waals surface area contributed by atoms with Gasteiger partial charge in [0, 0.05) is 32.8 Å². The highest BCUT2D eigenvalue weighted by Gasteiger charge is 2.39. The SMILES string of the molecule is CC1(C(=O)O)CCN(C(=O)N2CCC(CCO)C2)CC1. The number of urea groups is 1. The van der Waals surface area contributed by atoms with Gasteiger partial charge in [-0.05, 0) is 38.5 Å². The largest absolute Gasteiger partial charge is 0.481 e. The van der Waals surface area contributed by atoms with E-state index in [1.165, 1.54) is 0 Å². The molecule has 2 rings (SSSR count). The first-order valence-corrected chi connectivity index (χ1v) is 7.34. The second-order valence-corrected chi connectivity index (χ2v) is 6.25. The minimum Gasteiger partial charge on any atom is -0.481 e. The Morgan fingerprint density at radius 3 is 2.40 bits per heavy atom. The number of carbonyl (C=O) groups excluding carboxylic acids is 1. The van der Waals surface area contributed by atoms with Gasteiger partial charge in [-0.15, -0.1) is 0 Å². The molecule has 0 bridgehead atoms. The van der Waals surface area contributed by atoms with Crippen molar-refractivity contribution in [1.82, 2.24) is 9.80 Å². The number of amides is 2. The van der Waals surface area contributed by atoms with E-state index in [4.69, 9.17) is 5.11 Å². The standard InChI is InChI=1S/C14H24N2O4/c1-14(12(18)19)4-7-15(8-5-14)13(20)16-6-2-11(10-16)3-9-17/h11,17H,2-10H2,1H3,(H,18,19). The molecular formula is C14H24N2O4. The van der Waals surface area contributed by atoms with Gasteiger partial charge in [0.1, 0.15) is 0 Å². The predicted molar refractivity (Wildman–Crippen MR) is 73.3 cm³/mol. The van der Waals surface area contributed by atoms with Crippen LogP contribution in [-0.4, -0.2) is 64.8 Å². The molecule has 2 aliphatic rings. The van der Waals surface area contributed by atoms with Crippen LogP contribution in [-0.2, 0) is 4.79 Å². The normalized spacial score (nSPS) is 25.8. The van der Waals surface area contributed by atoms with Crippen molar-refractivity contribution in [2.75, 3.05) is 32.8 Å². The van der Waals surface area contributed by atoms with E-state index in [9.17, 15) is 14.7 Å². The van der Waals surface area contributed by atoms with Crippen molar-refractivity contribution in [2.24, 2.45) is 11.3 Å². The lowest BCUT2D eigenvalue weighted by molar-refractivity contribution is -0.150. The van der Waals surface area contributed by atoms with E-state index in [0.717, 1.165) is 19.4 Å². The van der Waals surface area contributed by atoms with E-state index in [1.54, 1.807) is 11.8 Å². The summed E-state index contributed by atoms with van der Waals surface area (Å²) in [4.78, 5) is 27.2.